The second-order valence-corrected chi connectivity index (χ2v) is 13.4. The van der Waals surface area contributed by atoms with Gasteiger partial charge in [0.15, 0.2) is 0 Å². The van der Waals surface area contributed by atoms with Gasteiger partial charge in [-0.1, -0.05) is 69.1 Å². The van der Waals surface area contributed by atoms with Crippen LogP contribution in [0.1, 0.15) is 90.9 Å². The molecule has 11 nitrogen and oxygen atoms in total. The number of likely N-dealkylation sites (N-methyl/N-ethyl adjacent to an activating group) is 1. The van der Waals surface area contributed by atoms with E-state index in [0.717, 1.165) is 44.1 Å². The van der Waals surface area contributed by atoms with Crippen LogP contribution < -0.4 is 10.2 Å². The van der Waals surface area contributed by atoms with E-state index >= 15 is 4.39 Å². The number of halogens is 1. The minimum Gasteiger partial charge on any atom is -0.507 e. The molecule has 3 aromatic rings. The second kappa shape index (κ2) is 22.0. The predicted molar refractivity (Wildman–Crippen MR) is 200 cm³/mol. The highest BCUT2D eigenvalue weighted by Crippen LogP contribution is 2.31. The Balaban J connectivity index is 0.000000496. The first-order valence-corrected chi connectivity index (χ1v) is 18.1. The zero-order chi connectivity index (χ0) is 38.9. The highest BCUT2D eigenvalue weighted by atomic mass is 19.1. The first-order chi connectivity index (χ1) is 25.4. The first-order valence-electron chi connectivity index (χ1n) is 18.1. The summed E-state index contributed by atoms with van der Waals surface area (Å²) in [6.45, 7) is 1.53. The molecule has 0 radical (unpaired) electrons. The Kier molecular flexibility index (Phi) is 17.9. The number of carboxylic acid groups (broad SMARTS) is 1. The molecule has 0 heterocycles. The summed E-state index contributed by atoms with van der Waals surface area (Å²) in [6, 6.07) is 16.8. The molecular formula is C41H53FN2O9. The largest absolute Gasteiger partial charge is 0.507 e. The Labute approximate surface area is 310 Å². The first kappa shape index (κ1) is 43.1. The molecule has 53 heavy (non-hydrogen) atoms. The molecule has 12 heteroatoms. The fourth-order valence-electron chi connectivity index (χ4n) is 6.04. The lowest BCUT2D eigenvalue weighted by atomic mass is 10.0. The van der Waals surface area contributed by atoms with Crippen molar-refractivity contribution in [3.05, 3.63) is 94.3 Å². The number of carboxylic acids is 1. The molecule has 1 saturated carbocycles. The monoisotopic (exact) mass is 736 g/mol. The molecular weight excluding hydrogens is 683 g/mol. The maximum atomic E-state index is 15.2. The highest BCUT2D eigenvalue weighted by Gasteiger charge is 2.29. The fourth-order valence-corrected chi connectivity index (χ4v) is 6.04. The second-order valence-electron chi connectivity index (χ2n) is 13.4. The molecule has 1 amide bonds. The van der Waals surface area contributed by atoms with Crippen molar-refractivity contribution in [2.24, 2.45) is 5.92 Å². The van der Waals surface area contributed by atoms with Crippen molar-refractivity contribution in [1.29, 1.82) is 0 Å². The third kappa shape index (κ3) is 13.5. The average molecular weight is 737 g/mol. The molecule has 1 aliphatic carbocycles. The van der Waals surface area contributed by atoms with Gasteiger partial charge in [0.1, 0.15) is 35.4 Å². The number of nitrogens with one attached hydrogen (secondary N) is 1. The number of aliphatic hydroxyl groups is 5. The number of aromatic hydroxyl groups is 1. The van der Waals surface area contributed by atoms with E-state index in [1.165, 1.54) is 47.6 Å². The van der Waals surface area contributed by atoms with Crippen molar-refractivity contribution in [1.82, 2.24) is 5.32 Å². The van der Waals surface area contributed by atoms with Crippen molar-refractivity contribution in [3.63, 3.8) is 0 Å². The Morgan fingerprint density at radius 3 is 2.17 bits per heavy atom. The zero-order valence-electron chi connectivity index (χ0n) is 30.4. The van der Waals surface area contributed by atoms with Crippen LogP contribution in [0.2, 0.25) is 0 Å². The summed E-state index contributed by atoms with van der Waals surface area (Å²) in [6.07, 6.45) is 3.28. The minimum absolute atomic E-state index is 0.0634. The zero-order valence-corrected chi connectivity index (χ0v) is 30.4. The lowest BCUT2D eigenvalue weighted by molar-refractivity contribution is -0.119. The topological polar surface area (TPSA) is 191 Å². The molecule has 0 spiro atoms. The van der Waals surface area contributed by atoms with Crippen molar-refractivity contribution in [2.75, 3.05) is 25.1 Å². The molecule has 1 fully saturated rings. The number of benzene rings is 3. The van der Waals surface area contributed by atoms with Crippen LogP contribution in [0.15, 0.2) is 60.7 Å². The molecule has 4 rings (SSSR count). The number of nitrogens with zero attached hydrogens (tertiary/aromatic N) is 1. The van der Waals surface area contributed by atoms with Gasteiger partial charge >= 0.3 is 5.97 Å². The number of aromatic carboxylic acids is 1. The number of phenols is 1. The van der Waals surface area contributed by atoms with Crippen LogP contribution in [0, 0.1) is 23.6 Å². The smallest absolute Gasteiger partial charge is 0.339 e. The van der Waals surface area contributed by atoms with Crippen LogP contribution in [0.3, 0.4) is 0 Å². The van der Waals surface area contributed by atoms with Crippen molar-refractivity contribution < 1.29 is 49.7 Å². The summed E-state index contributed by atoms with van der Waals surface area (Å²) in [7, 11) is 1.57. The predicted octanol–water partition coefficient (Wildman–Crippen LogP) is 4.12. The van der Waals surface area contributed by atoms with Gasteiger partial charge in [-0.05, 0) is 80.3 Å². The number of anilines is 1. The van der Waals surface area contributed by atoms with E-state index in [0.29, 0.717) is 22.7 Å². The van der Waals surface area contributed by atoms with Crippen LogP contribution in [-0.2, 0) is 17.8 Å². The number of amides is 1. The Morgan fingerprint density at radius 2 is 1.57 bits per heavy atom. The SMILES string of the molecule is CCCCc1ccc(C#Cc2ccc(CN(C(=O)CCC3CCCC3)c3ccc(O)c(C(=O)O)c3)c(F)c2)cc1.CNC[C@H](O)[C@@H](O)[C@H](O)[C@H](O)CO. The summed E-state index contributed by atoms with van der Waals surface area (Å²) in [4.78, 5) is 26.4. The number of carbonyl (C=O) groups is 2. The maximum absolute atomic E-state index is 15.2. The molecule has 288 valence electrons. The summed E-state index contributed by atoms with van der Waals surface area (Å²) < 4.78 is 15.2. The van der Waals surface area contributed by atoms with Crippen LogP contribution >= 0.6 is 0 Å². The molecule has 4 atom stereocenters. The third-order valence-electron chi connectivity index (χ3n) is 9.31. The van der Waals surface area contributed by atoms with E-state index < -0.39 is 42.8 Å². The number of hydrogen-bond donors (Lipinski definition) is 8. The van der Waals surface area contributed by atoms with Crippen LogP contribution in [0.25, 0.3) is 0 Å². The average Bonchev–Trinajstić information content (AvgIpc) is 3.69. The van der Waals surface area contributed by atoms with Gasteiger partial charge < -0.3 is 46.0 Å². The van der Waals surface area contributed by atoms with E-state index in [-0.39, 0.29) is 36.7 Å². The van der Waals surface area contributed by atoms with Gasteiger partial charge in [-0.2, -0.15) is 0 Å². The summed E-state index contributed by atoms with van der Waals surface area (Å²) >= 11 is 0. The number of rotatable bonds is 16. The van der Waals surface area contributed by atoms with Gasteiger partial charge in [0.05, 0.1) is 19.3 Å². The van der Waals surface area contributed by atoms with E-state index in [2.05, 4.69) is 36.2 Å². The Morgan fingerprint density at radius 1 is 0.925 bits per heavy atom. The van der Waals surface area contributed by atoms with Crippen molar-refractivity contribution in [2.45, 2.75) is 95.7 Å². The normalized spacial score (nSPS) is 14.9. The lowest BCUT2D eigenvalue weighted by Gasteiger charge is -2.25. The minimum atomic E-state index is -1.55. The quantitative estimate of drug-likeness (QED) is 0.0994. The molecule has 0 saturated heterocycles. The molecule has 1 aliphatic rings. The van der Waals surface area contributed by atoms with E-state index in [1.807, 2.05) is 12.1 Å². The van der Waals surface area contributed by atoms with Crippen LogP contribution in [0.4, 0.5) is 10.1 Å². The van der Waals surface area contributed by atoms with Crippen molar-refractivity contribution in [3.8, 4) is 17.6 Å². The number of aliphatic hydroxyl groups excluding tert-OH is 5. The summed E-state index contributed by atoms with van der Waals surface area (Å²) in [5, 5.41) is 66.9. The summed E-state index contributed by atoms with van der Waals surface area (Å²) in [5.41, 5.74) is 2.94. The standard InChI is InChI=1S/C34H36FNO4.C7H17NO5/c1-2-3-6-25-9-11-26(12-10-25)13-14-27-15-17-28(31(35)21-27)23-36(33(38)20-16-24-7-4-5-8-24)29-18-19-32(37)30(22-29)34(39)40;1-8-2-4(10)6(12)7(13)5(11)3-9/h9-12,15,17-19,21-22,24,37H,2-8,16,20,23H2,1H3,(H,39,40);4-13H,2-3H2,1H3/t;4-,5+,6+,7+/m.0/s1. The number of unbranched alkanes of at least 4 members (excludes halogenated alkanes) is 1. The molecule has 0 bridgehead atoms. The summed E-state index contributed by atoms with van der Waals surface area (Å²) in [5.74, 6) is 4.20. The Hall–Kier alpha value is -4.35. The van der Waals surface area contributed by atoms with E-state index in [9.17, 15) is 24.9 Å². The molecule has 0 unspecified atom stereocenters. The molecule has 3 aromatic carbocycles. The molecule has 8 N–H and O–H groups in total. The molecule has 0 aromatic heterocycles. The number of carbonyl (C=O) groups excluding carboxylic acids is 1. The molecule has 0 aliphatic heterocycles. The van der Waals surface area contributed by atoms with Crippen LogP contribution in [0.5, 0.6) is 5.75 Å². The van der Waals surface area contributed by atoms with Crippen molar-refractivity contribution >= 4 is 17.6 Å². The van der Waals surface area contributed by atoms with E-state index in [1.54, 1.807) is 19.2 Å². The number of hydrogen-bond acceptors (Lipinski definition) is 9. The van der Waals surface area contributed by atoms with E-state index in [4.69, 9.17) is 20.4 Å². The van der Waals surface area contributed by atoms with Gasteiger partial charge in [-0.3, -0.25) is 4.79 Å². The van der Waals surface area contributed by atoms with Gasteiger partial charge in [-0.15, -0.1) is 0 Å². The third-order valence-corrected chi connectivity index (χ3v) is 9.31. The lowest BCUT2D eigenvalue weighted by Crippen LogP contribution is -2.48. The maximum Gasteiger partial charge on any atom is 0.339 e. The fraction of sp³-hybridized carbons (Fsp3) is 0.463. The Bertz CT molecular complexity index is 1670. The van der Waals surface area contributed by atoms with Gasteiger partial charge in [0.2, 0.25) is 5.91 Å². The van der Waals surface area contributed by atoms with Gasteiger partial charge in [0, 0.05) is 35.3 Å². The number of aryl methyl sites for hydroxylation is 1. The van der Waals surface area contributed by atoms with Crippen LogP contribution in [-0.4, -0.2) is 92.2 Å². The van der Waals surface area contributed by atoms with Gasteiger partial charge in [-0.25, -0.2) is 9.18 Å². The highest BCUT2D eigenvalue weighted by molar-refractivity contribution is 5.97. The van der Waals surface area contributed by atoms with Gasteiger partial charge in [0.25, 0.3) is 0 Å².